The lowest BCUT2D eigenvalue weighted by atomic mass is 10.1. The number of hydrogen-bond acceptors (Lipinski definition) is 3. The molecule has 0 heterocycles. The van der Waals surface area contributed by atoms with Crippen molar-refractivity contribution >= 4 is 43.2 Å². The first-order valence-electron chi connectivity index (χ1n) is 6.12. The quantitative estimate of drug-likeness (QED) is 0.783. The Morgan fingerprint density at radius 1 is 1.19 bits per heavy atom. The summed E-state index contributed by atoms with van der Waals surface area (Å²) in [7, 11) is -3.70. The summed E-state index contributed by atoms with van der Waals surface area (Å²) in [5.41, 5.74) is 7.07. The summed E-state index contributed by atoms with van der Waals surface area (Å²) in [6.07, 6.45) is 0. The van der Waals surface area contributed by atoms with Gasteiger partial charge >= 0.3 is 0 Å². The number of nitrogen functional groups attached to an aromatic ring is 1. The SMILES string of the molecule is CC(NS(=O)(=O)c1ccc(Br)cc1Cl)c1ccc(N)cc1. The van der Waals surface area contributed by atoms with Crippen LogP contribution >= 0.6 is 27.5 Å². The average Bonchev–Trinajstić information content (AvgIpc) is 2.38. The van der Waals surface area contributed by atoms with Crippen molar-refractivity contribution in [1.29, 1.82) is 0 Å². The predicted octanol–water partition coefficient (Wildman–Crippen LogP) is 3.72. The van der Waals surface area contributed by atoms with Gasteiger partial charge in [-0.3, -0.25) is 0 Å². The number of benzene rings is 2. The molecular formula is C14H14BrClN2O2S. The molecule has 0 bridgehead atoms. The van der Waals surface area contributed by atoms with E-state index in [9.17, 15) is 8.42 Å². The molecular weight excluding hydrogens is 376 g/mol. The second kappa shape index (κ2) is 6.36. The van der Waals surface area contributed by atoms with Gasteiger partial charge in [0.25, 0.3) is 0 Å². The van der Waals surface area contributed by atoms with E-state index in [1.807, 2.05) is 0 Å². The van der Waals surface area contributed by atoms with Crippen LogP contribution in [-0.2, 0) is 10.0 Å². The van der Waals surface area contributed by atoms with Gasteiger partial charge in [0.05, 0.1) is 5.02 Å². The molecule has 112 valence electrons. The van der Waals surface area contributed by atoms with Gasteiger partial charge in [0.15, 0.2) is 0 Å². The Kier molecular flexibility index (Phi) is 4.93. The molecule has 2 aromatic carbocycles. The lowest BCUT2D eigenvalue weighted by molar-refractivity contribution is 0.567. The largest absolute Gasteiger partial charge is 0.399 e. The summed E-state index contributed by atoms with van der Waals surface area (Å²) in [6.45, 7) is 1.76. The topological polar surface area (TPSA) is 72.2 Å². The number of nitrogens with one attached hydrogen (secondary N) is 1. The molecule has 2 rings (SSSR count). The number of nitrogens with two attached hydrogens (primary N) is 1. The summed E-state index contributed by atoms with van der Waals surface area (Å²) in [5.74, 6) is 0. The van der Waals surface area contributed by atoms with E-state index in [1.165, 1.54) is 6.07 Å². The van der Waals surface area contributed by atoms with Gasteiger partial charge in [0.1, 0.15) is 4.90 Å². The molecule has 0 aliphatic heterocycles. The van der Waals surface area contributed by atoms with Gasteiger partial charge in [-0.1, -0.05) is 39.7 Å². The van der Waals surface area contributed by atoms with Crippen LogP contribution < -0.4 is 10.5 Å². The Bertz CT molecular complexity index is 748. The van der Waals surface area contributed by atoms with Crippen molar-refractivity contribution in [3.63, 3.8) is 0 Å². The summed E-state index contributed by atoms with van der Waals surface area (Å²) >= 11 is 9.24. The molecule has 0 radical (unpaired) electrons. The lowest BCUT2D eigenvalue weighted by Crippen LogP contribution is -2.27. The molecule has 2 aromatic rings. The van der Waals surface area contributed by atoms with Gasteiger partial charge in [-0.05, 0) is 42.8 Å². The standard InChI is InChI=1S/C14H14BrClN2O2S/c1-9(10-2-5-12(17)6-3-10)18-21(19,20)14-7-4-11(15)8-13(14)16/h2-9,18H,17H2,1H3. The lowest BCUT2D eigenvalue weighted by Gasteiger charge is -2.15. The van der Waals surface area contributed by atoms with Crippen molar-refractivity contribution in [3.05, 3.63) is 57.5 Å². The molecule has 7 heteroatoms. The molecule has 1 atom stereocenters. The van der Waals surface area contributed by atoms with E-state index in [0.29, 0.717) is 5.69 Å². The van der Waals surface area contributed by atoms with E-state index < -0.39 is 16.1 Å². The highest BCUT2D eigenvalue weighted by atomic mass is 79.9. The van der Waals surface area contributed by atoms with E-state index in [4.69, 9.17) is 17.3 Å². The second-order valence-corrected chi connectivity index (χ2v) is 7.59. The van der Waals surface area contributed by atoms with Crippen LogP contribution in [0.2, 0.25) is 5.02 Å². The minimum Gasteiger partial charge on any atom is -0.399 e. The van der Waals surface area contributed by atoms with E-state index in [0.717, 1.165) is 10.0 Å². The van der Waals surface area contributed by atoms with Gasteiger partial charge in [0, 0.05) is 16.2 Å². The summed E-state index contributed by atoms with van der Waals surface area (Å²) < 4.78 is 28.1. The van der Waals surface area contributed by atoms with Crippen molar-refractivity contribution in [3.8, 4) is 0 Å². The van der Waals surface area contributed by atoms with E-state index in [2.05, 4.69) is 20.7 Å². The van der Waals surface area contributed by atoms with Crippen molar-refractivity contribution in [2.24, 2.45) is 0 Å². The Morgan fingerprint density at radius 3 is 2.38 bits per heavy atom. The first-order valence-corrected chi connectivity index (χ1v) is 8.78. The smallest absolute Gasteiger partial charge is 0.242 e. The fraction of sp³-hybridized carbons (Fsp3) is 0.143. The first-order chi connectivity index (χ1) is 9.79. The molecule has 0 fully saturated rings. The summed E-state index contributed by atoms with van der Waals surface area (Å²) in [6, 6.07) is 11.3. The Balaban J connectivity index is 2.26. The number of sulfonamides is 1. The highest BCUT2D eigenvalue weighted by molar-refractivity contribution is 9.10. The third-order valence-electron chi connectivity index (χ3n) is 2.95. The van der Waals surface area contributed by atoms with Crippen molar-refractivity contribution in [1.82, 2.24) is 4.72 Å². The van der Waals surface area contributed by atoms with Crippen molar-refractivity contribution in [2.75, 3.05) is 5.73 Å². The van der Waals surface area contributed by atoms with Crippen LogP contribution in [-0.4, -0.2) is 8.42 Å². The fourth-order valence-corrected chi connectivity index (χ4v) is 4.11. The minimum atomic E-state index is -3.70. The Morgan fingerprint density at radius 2 is 1.81 bits per heavy atom. The van der Waals surface area contributed by atoms with E-state index in [1.54, 1.807) is 43.3 Å². The van der Waals surface area contributed by atoms with Crippen LogP contribution in [0.5, 0.6) is 0 Å². The zero-order valence-electron chi connectivity index (χ0n) is 11.2. The Labute approximate surface area is 137 Å². The zero-order valence-corrected chi connectivity index (χ0v) is 14.3. The zero-order chi connectivity index (χ0) is 15.6. The van der Waals surface area contributed by atoms with Crippen LogP contribution in [0, 0.1) is 0 Å². The second-order valence-electron chi connectivity index (χ2n) is 4.58. The summed E-state index contributed by atoms with van der Waals surface area (Å²) in [5, 5.41) is 0.168. The van der Waals surface area contributed by atoms with Gasteiger partial charge in [-0.2, -0.15) is 0 Å². The molecule has 4 nitrogen and oxygen atoms in total. The van der Waals surface area contributed by atoms with Gasteiger partial charge in [0.2, 0.25) is 10.0 Å². The molecule has 21 heavy (non-hydrogen) atoms. The van der Waals surface area contributed by atoms with Crippen molar-refractivity contribution < 1.29 is 8.42 Å². The minimum absolute atomic E-state index is 0.0506. The number of hydrogen-bond donors (Lipinski definition) is 2. The third-order valence-corrected chi connectivity index (χ3v) is 5.47. The summed E-state index contributed by atoms with van der Waals surface area (Å²) in [4.78, 5) is 0.0506. The number of anilines is 1. The predicted molar refractivity (Wildman–Crippen MR) is 88.7 cm³/mol. The molecule has 0 spiro atoms. The monoisotopic (exact) mass is 388 g/mol. The molecule has 0 aromatic heterocycles. The van der Waals surface area contributed by atoms with Crippen LogP contribution in [0.1, 0.15) is 18.5 Å². The molecule has 0 saturated heterocycles. The molecule has 1 unspecified atom stereocenters. The van der Waals surface area contributed by atoms with Crippen LogP contribution in [0.3, 0.4) is 0 Å². The maximum absolute atomic E-state index is 12.4. The third kappa shape index (κ3) is 3.97. The molecule has 0 aliphatic rings. The molecule has 3 N–H and O–H groups in total. The number of rotatable bonds is 4. The molecule has 0 aliphatic carbocycles. The van der Waals surface area contributed by atoms with Gasteiger partial charge < -0.3 is 5.73 Å². The fourth-order valence-electron chi connectivity index (χ4n) is 1.84. The number of halogens is 2. The van der Waals surface area contributed by atoms with Crippen LogP contribution in [0.15, 0.2) is 51.8 Å². The highest BCUT2D eigenvalue weighted by Crippen LogP contribution is 2.26. The maximum atomic E-state index is 12.4. The van der Waals surface area contributed by atoms with E-state index >= 15 is 0 Å². The van der Waals surface area contributed by atoms with Gasteiger partial charge in [-0.25, -0.2) is 13.1 Å². The normalized spacial score (nSPS) is 13.1. The highest BCUT2D eigenvalue weighted by Gasteiger charge is 2.21. The molecule has 0 amide bonds. The van der Waals surface area contributed by atoms with Crippen LogP contribution in [0.25, 0.3) is 0 Å². The first kappa shape index (κ1) is 16.3. The van der Waals surface area contributed by atoms with Crippen LogP contribution in [0.4, 0.5) is 5.69 Å². The van der Waals surface area contributed by atoms with Crippen molar-refractivity contribution in [2.45, 2.75) is 17.9 Å². The maximum Gasteiger partial charge on any atom is 0.242 e. The molecule has 0 saturated carbocycles. The van der Waals surface area contributed by atoms with E-state index in [-0.39, 0.29) is 9.92 Å². The average molecular weight is 390 g/mol. The van der Waals surface area contributed by atoms with Gasteiger partial charge in [-0.15, -0.1) is 0 Å². The Hall–Kier alpha value is -1.08.